The Balaban J connectivity index is 1.74. The van der Waals surface area contributed by atoms with Crippen molar-refractivity contribution in [3.63, 3.8) is 0 Å². The van der Waals surface area contributed by atoms with Crippen LogP contribution >= 0.6 is 22.9 Å². The normalized spacial score (nSPS) is 11.2. The van der Waals surface area contributed by atoms with E-state index < -0.39 is 36.3 Å². The molecule has 0 saturated carbocycles. The molecular formula is C17H16ClN3O5S. The first-order chi connectivity index (χ1) is 12.9. The number of ether oxygens (including phenoxy) is 1. The topological polar surface area (TPSA) is 114 Å². The van der Waals surface area contributed by atoms with E-state index in [0.717, 1.165) is 0 Å². The summed E-state index contributed by atoms with van der Waals surface area (Å²) in [6.45, 7) is 0.795. The van der Waals surface area contributed by atoms with Gasteiger partial charge in [0.15, 0.2) is 6.61 Å². The fourth-order valence-corrected chi connectivity index (χ4v) is 2.71. The Bertz CT molecular complexity index is 841. The van der Waals surface area contributed by atoms with Gasteiger partial charge in [-0.3, -0.25) is 25.2 Å². The molecule has 0 fully saturated rings. The smallest absolute Gasteiger partial charge is 0.328 e. The summed E-state index contributed by atoms with van der Waals surface area (Å²) in [5.74, 6) is -2.56. The zero-order valence-electron chi connectivity index (χ0n) is 14.2. The van der Waals surface area contributed by atoms with Crippen molar-refractivity contribution in [1.29, 1.82) is 0 Å². The fraction of sp³-hybridized carbons (Fsp3) is 0.176. The molecule has 1 aromatic carbocycles. The number of hydrazine groups is 1. The number of carbonyl (C=O) groups is 4. The van der Waals surface area contributed by atoms with E-state index in [1.807, 2.05) is 0 Å². The van der Waals surface area contributed by atoms with Crippen molar-refractivity contribution >= 4 is 46.6 Å². The van der Waals surface area contributed by atoms with Crippen molar-refractivity contribution in [2.75, 3.05) is 6.61 Å². The Labute approximate surface area is 163 Å². The molecule has 2 rings (SSSR count). The highest BCUT2D eigenvalue weighted by molar-refractivity contribution is 7.12. The quantitative estimate of drug-likeness (QED) is 0.494. The van der Waals surface area contributed by atoms with Crippen LogP contribution in [0.5, 0.6) is 0 Å². The second-order valence-electron chi connectivity index (χ2n) is 5.26. The van der Waals surface area contributed by atoms with Crippen molar-refractivity contribution in [2.24, 2.45) is 0 Å². The van der Waals surface area contributed by atoms with Crippen LogP contribution in [0, 0.1) is 0 Å². The second-order valence-corrected chi connectivity index (χ2v) is 6.62. The monoisotopic (exact) mass is 409 g/mol. The molecule has 0 aliphatic carbocycles. The Morgan fingerprint density at radius 2 is 1.81 bits per heavy atom. The highest BCUT2D eigenvalue weighted by atomic mass is 35.5. The van der Waals surface area contributed by atoms with Crippen LogP contribution in [0.3, 0.4) is 0 Å². The summed E-state index contributed by atoms with van der Waals surface area (Å²) in [7, 11) is 0. The number of benzene rings is 1. The average molecular weight is 410 g/mol. The third-order valence-corrected chi connectivity index (χ3v) is 4.42. The Morgan fingerprint density at radius 3 is 2.48 bits per heavy atom. The fourth-order valence-electron chi connectivity index (χ4n) is 1.87. The number of hydrogen-bond acceptors (Lipinski definition) is 6. The van der Waals surface area contributed by atoms with Crippen molar-refractivity contribution in [3.8, 4) is 0 Å². The Morgan fingerprint density at radius 1 is 1.07 bits per heavy atom. The van der Waals surface area contributed by atoms with Crippen LogP contribution in [0.2, 0.25) is 5.02 Å². The number of esters is 1. The molecule has 0 spiro atoms. The van der Waals surface area contributed by atoms with Crippen molar-refractivity contribution < 1.29 is 23.9 Å². The summed E-state index contributed by atoms with van der Waals surface area (Å²) in [5, 5.41) is 4.40. The minimum atomic E-state index is -0.998. The summed E-state index contributed by atoms with van der Waals surface area (Å²) < 4.78 is 4.81. The Kier molecular flexibility index (Phi) is 7.33. The molecule has 1 heterocycles. The van der Waals surface area contributed by atoms with Crippen LogP contribution in [-0.2, 0) is 14.3 Å². The van der Waals surface area contributed by atoms with Gasteiger partial charge in [0.25, 0.3) is 17.7 Å². The third kappa shape index (κ3) is 6.08. The number of thiophene rings is 1. The first-order valence-electron chi connectivity index (χ1n) is 7.73. The van der Waals surface area contributed by atoms with Gasteiger partial charge in [0.2, 0.25) is 0 Å². The maximum atomic E-state index is 12.1. The molecule has 0 radical (unpaired) electrons. The van der Waals surface area contributed by atoms with Gasteiger partial charge in [-0.05, 0) is 30.5 Å². The van der Waals surface area contributed by atoms with E-state index in [1.54, 1.807) is 35.7 Å². The average Bonchev–Trinajstić information content (AvgIpc) is 3.19. The number of carbonyl (C=O) groups excluding carboxylic acids is 4. The van der Waals surface area contributed by atoms with E-state index in [2.05, 4.69) is 16.2 Å². The lowest BCUT2D eigenvalue weighted by Gasteiger charge is -2.14. The van der Waals surface area contributed by atoms with Gasteiger partial charge in [-0.15, -0.1) is 11.3 Å². The van der Waals surface area contributed by atoms with Crippen molar-refractivity contribution in [2.45, 2.75) is 13.0 Å². The standard InChI is InChI=1S/C17H16ClN3O5S/c1-10(19-15(23)11-5-2-3-6-12(11)18)17(25)26-9-14(22)20-21-16(24)13-7-4-8-27-13/h2-8,10H,9H2,1H3,(H,19,23)(H,20,22)(H,21,24)/t10-/m1/s1. The van der Waals surface area contributed by atoms with E-state index in [1.165, 1.54) is 24.3 Å². The summed E-state index contributed by atoms with van der Waals surface area (Å²) in [6, 6.07) is 8.66. The molecule has 0 saturated heterocycles. The van der Waals surface area contributed by atoms with Gasteiger partial charge in [-0.1, -0.05) is 29.8 Å². The third-order valence-electron chi connectivity index (χ3n) is 3.23. The van der Waals surface area contributed by atoms with E-state index in [-0.39, 0.29) is 10.6 Å². The maximum Gasteiger partial charge on any atom is 0.328 e. The number of amides is 3. The lowest BCUT2D eigenvalue weighted by molar-refractivity contribution is -0.150. The molecule has 0 unspecified atom stereocenters. The lowest BCUT2D eigenvalue weighted by atomic mass is 10.2. The van der Waals surface area contributed by atoms with Gasteiger partial charge >= 0.3 is 5.97 Å². The van der Waals surface area contributed by atoms with Gasteiger partial charge in [0, 0.05) is 0 Å². The van der Waals surface area contributed by atoms with Gasteiger partial charge in [-0.2, -0.15) is 0 Å². The van der Waals surface area contributed by atoms with E-state index in [0.29, 0.717) is 4.88 Å². The van der Waals surface area contributed by atoms with Crippen LogP contribution in [0.25, 0.3) is 0 Å². The summed E-state index contributed by atoms with van der Waals surface area (Å²) in [5.41, 5.74) is 4.53. The van der Waals surface area contributed by atoms with Crippen LogP contribution < -0.4 is 16.2 Å². The molecule has 1 aromatic heterocycles. The molecule has 2 aromatic rings. The molecule has 3 N–H and O–H groups in total. The van der Waals surface area contributed by atoms with Crippen molar-refractivity contribution in [3.05, 3.63) is 57.2 Å². The zero-order chi connectivity index (χ0) is 19.8. The van der Waals surface area contributed by atoms with Gasteiger partial charge in [0.05, 0.1) is 15.5 Å². The van der Waals surface area contributed by atoms with Gasteiger partial charge in [-0.25, -0.2) is 4.79 Å². The lowest BCUT2D eigenvalue weighted by Crippen LogP contribution is -2.45. The van der Waals surface area contributed by atoms with E-state index >= 15 is 0 Å². The van der Waals surface area contributed by atoms with E-state index in [4.69, 9.17) is 16.3 Å². The maximum absolute atomic E-state index is 12.1. The first-order valence-corrected chi connectivity index (χ1v) is 8.99. The predicted octanol–water partition coefficient (Wildman–Crippen LogP) is 1.52. The molecule has 10 heteroatoms. The molecule has 142 valence electrons. The molecule has 3 amide bonds. The Hall–Kier alpha value is -2.91. The first kappa shape index (κ1) is 20.4. The van der Waals surface area contributed by atoms with Gasteiger partial charge < -0.3 is 10.1 Å². The van der Waals surface area contributed by atoms with Crippen LogP contribution in [0.1, 0.15) is 27.0 Å². The molecular weight excluding hydrogens is 394 g/mol. The van der Waals surface area contributed by atoms with Crippen LogP contribution in [0.4, 0.5) is 0 Å². The minimum Gasteiger partial charge on any atom is -0.454 e. The molecule has 8 nitrogen and oxygen atoms in total. The number of rotatable bonds is 6. The molecule has 27 heavy (non-hydrogen) atoms. The number of hydrogen-bond donors (Lipinski definition) is 3. The minimum absolute atomic E-state index is 0.216. The molecule has 0 aliphatic rings. The summed E-state index contributed by atoms with van der Waals surface area (Å²) in [4.78, 5) is 47.7. The summed E-state index contributed by atoms with van der Waals surface area (Å²) in [6.07, 6.45) is 0. The number of nitrogens with one attached hydrogen (secondary N) is 3. The van der Waals surface area contributed by atoms with E-state index in [9.17, 15) is 19.2 Å². The molecule has 0 bridgehead atoms. The van der Waals surface area contributed by atoms with Crippen molar-refractivity contribution in [1.82, 2.24) is 16.2 Å². The second kappa shape index (κ2) is 9.70. The zero-order valence-corrected chi connectivity index (χ0v) is 15.7. The van der Waals surface area contributed by atoms with Crippen LogP contribution in [-0.4, -0.2) is 36.3 Å². The highest BCUT2D eigenvalue weighted by Gasteiger charge is 2.20. The SMILES string of the molecule is C[C@@H](NC(=O)c1ccccc1Cl)C(=O)OCC(=O)NNC(=O)c1cccs1. The highest BCUT2D eigenvalue weighted by Crippen LogP contribution is 2.14. The number of halogens is 1. The van der Waals surface area contributed by atoms with Crippen LogP contribution in [0.15, 0.2) is 41.8 Å². The molecule has 0 aliphatic heterocycles. The summed E-state index contributed by atoms with van der Waals surface area (Å²) >= 11 is 7.13. The van der Waals surface area contributed by atoms with Gasteiger partial charge in [0.1, 0.15) is 6.04 Å². The molecule has 1 atom stereocenters. The largest absolute Gasteiger partial charge is 0.454 e. The predicted molar refractivity (Wildman–Crippen MR) is 99.3 cm³/mol.